The fourth-order valence-corrected chi connectivity index (χ4v) is 2.79. The Labute approximate surface area is 119 Å². The number of hydrogen-bond acceptors (Lipinski definition) is 2. The highest BCUT2D eigenvalue weighted by Gasteiger charge is 2.31. The van der Waals surface area contributed by atoms with Crippen LogP contribution in [0.25, 0.3) is 0 Å². The minimum atomic E-state index is 0.166. The van der Waals surface area contributed by atoms with Crippen molar-refractivity contribution in [3.05, 3.63) is 30.1 Å². The van der Waals surface area contributed by atoms with Gasteiger partial charge in [0.2, 0.25) is 0 Å². The van der Waals surface area contributed by atoms with Gasteiger partial charge in [0.25, 0.3) is 0 Å². The van der Waals surface area contributed by atoms with E-state index in [1.54, 1.807) is 0 Å². The predicted molar refractivity (Wildman–Crippen MR) is 83.5 cm³/mol. The van der Waals surface area contributed by atoms with Gasteiger partial charge < -0.3 is 5.32 Å². The molecule has 1 N–H and O–H groups in total. The van der Waals surface area contributed by atoms with Gasteiger partial charge in [0, 0.05) is 29.9 Å². The molecule has 1 aromatic rings. The number of aromatic nitrogens is 1. The van der Waals surface area contributed by atoms with Crippen molar-refractivity contribution < 1.29 is 0 Å². The molecule has 0 radical (unpaired) electrons. The Hall–Kier alpha value is -0.890. The molecule has 0 aromatic carbocycles. The lowest BCUT2D eigenvalue weighted by atomic mass is 9.73. The molecule has 2 nitrogen and oxygen atoms in total. The Bertz CT molecular complexity index is 345. The minimum absolute atomic E-state index is 0.166. The Kier molecular flexibility index (Phi) is 5.99. The molecule has 0 saturated carbocycles. The van der Waals surface area contributed by atoms with Gasteiger partial charge in [-0.25, -0.2) is 0 Å². The summed E-state index contributed by atoms with van der Waals surface area (Å²) in [6, 6.07) is 4.38. The maximum atomic E-state index is 4.17. The van der Waals surface area contributed by atoms with E-state index in [0.29, 0.717) is 0 Å². The highest BCUT2D eigenvalue weighted by Crippen LogP contribution is 2.34. The van der Waals surface area contributed by atoms with Gasteiger partial charge in [-0.05, 0) is 51.3 Å². The molecule has 0 bridgehead atoms. The Morgan fingerprint density at radius 2 is 1.53 bits per heavy atom. The van der Waals surface area contributed by atoms with Crippen molar-refractivity contribution in [2.45, 2.75) is 71.3 Å². The summed E-state index contributed by atoms with van der Waals surface area (Å²) in [7, 11) is 0. The van der Waals surface area contributed by atoms with Gasteiger partial charge in [0.05, 0.1) is 0 Å². The van der Waals surface area contributed by atoms with Gasteiger partial charge in [0.1, 0.15) is 0 Å². The van der Waals surface area contributed by atoms with Crippen LogP contribution in [0.5, 0.6) is 0 Å². The summed E-state index contributed by atoms with van der Waals surface area (Å²) in [6.07, 6.45) is 8.74. The van der Waals surface area contributed by atoms with E-state index in [4.69, 9.17) is 0 Å². The van der Waals surface area contributed by atoms with Crippen molar-refractivity contribution in [1.82, 2.24) is 10.3 Å². The van der Waals surface area contributed by atoms with Gasteiger partial charge >= 0.3 is 0 Å². The van der Waals surface area contributed by atoms with Gasteiger partial charge in [-0.15, -0.1) is 0 Å². The van der Waals surface area contributed by atoms with Crippen LogP contribution in [0.15, 0.2) is 24.5 Å². The molecule has 108 valence electrons. The average Bonchev–Trinajstić information content (AvgIpc) is 2.37. The van der Waals surface area contributed by atoms with Crippen LogP contribution in [0.3, 0.4) is 0 Å². The molecule has 0 unspecified atom stereocenters. The third-order valence-corrected chi connectivity index (χ3v) is 3.71. The fraction of sp³-hybridized carbons (Fsp3) is 0.706. The number of pyridine rings is 1. The normalized spacial score (nSPS) is 12.7. The third kappa shape index (κ3) is 4.94. The first kappa shape index (κ1) is 16.2. The standard InChI is InChI=1S/C17H30N2/c1-6-10-17(11-7-2,14-19-16(3,4)5)15-8-12-18-13-9-15/h8-9,12-13,19H,6-7,10-11,14H2,1-5H3. The average molecular weight is 262 g/mol. The monoisotopic (exact) mass is 262 g/mol. The highest BCUT2D eigenvalue weighted by atomic mass is 15.0. The number of hydrogen-bond donors (Lipinski definition) is 1. The van der Waals surface area contributed by atoms with Crippen molar-refractivity contribution in [3.63, 3.8) is 0 Å². The molecule has 0 saturated heterocycles. The smallest absolute Gasteiger partial charge is 0.0270 e. The van der Waals surface area contributed by atoms with Crippen LogP contribution in [0, 0.1) is 0 Å². The number of nitrogens with zero attached hydrogens (tertiary/aromatic N) is 1. The maximum absolute atomic E-state index is 4.17. The molecule has 0 amide bonds. The molecule has 0 fully saturated rings. The molecule has 0 aliphatic heterocycles. The lowest BCUT2D eigenvalue weighted by Gasteiger charge is -2.37. The van der Waals surface area contributed by atoms with Gasteiger partial charge in [-0.3, -0.25) is 4.98 Å². The molecule has 0 aliphatic rings. The predicted octanol–water partition coefficient (Wildman–Crippen LogP) is 4.31. The molecule has 0 aliphatic carbocycles. The van der Waals surface area contributed by atoms with Crippen LogP contribution in [-0.2, 0) is 5.41 Å². The largest absolute Gasteiger partial charge is 0.311 e. The summed E-state index contributed by atoms with van der Waals surface area (Å²) in [4.78, 5) is 4.17. The molecule has 0 atom stereocenters. The number of rotatable bonds is 7. The van der Waals surface area contributed by atoms with E-state index >= 15 is 0 Å². The van der Waals surface area contributed by atoms with Crippen LogP contribution < -0.4 is 5.32 Å². The molecule has 0 spiro atoms. The van der Waals surface area contributed by atoms with Crippen molar-refractivity contribution >= 4 is 0 Å². The second-order valence-electron chi connectivity index (χ2n) is 6.62. The third-order valence-electron chi connectivity index (χ3n) is 3.71. The van der Waals surface area contributed by atoms with E-state index in [9.17, 15) is 0 Å². The van der Waals surface area contributed by atoms with Gasteiger partial charge in [-0.1, -0.05) is 26.7 Å². The quantitative estimate of drug-likeness (QED) is 0.792. The summed E-state index contributed by atoms with van der Waals surface area (Å²) >= 11 is 0. The Morgan fingerprint density at radius 1 is 1.00 bits per heavy atom. The van der Waals surface area contributed by atoms with E-state index in [1.165, 1.54) is 31.2 Å². The summed E-state index contributed by atoms with van der Waals surface area (Å²) in [6.45, 7) is 12.3. The zero-order chi connectivity index (χ0) is 14.4. The van der Waals surface area contributed by atoms with E-state index < -0.39 is 0 Å². The highest BCUT2D eigenvalue weighted by molar-refractivity contribution is 5.23. The van der Waals surface area contributed by atoms with Crippen molar-refractivity contribution in [3.8, 4) is 0 Å². The van der Waals surface area contributed by atoms with Crippen LogP contribution in [0.4, 0.5) is 0 Å². The zero-order valence-corrected chi connectivity index (χ0v) is 13.3. The molecule has 1 heterocycles. The summed E-state index contributed by atoms with van der Waals surface area (Å²) in [5.41, 5.74) is 1.85. The van der Waals surface area contributed by atoms with E-state index in [-0.39, 0.29) is 11.0 Å². The first-order valence-electron chi connectivity index (χ1n) is 7.59. The molecule has 2 heteroatoms. The maximum Gasteiger partial charge on any atom is 0.0270 e. The SMILES string of the molecule is CCCC(CCC)(CNC(C)(C)C)c1ccncc1. The van der Waals surface area contributed by atoms with Gasteiger partial charge in [0.15, 0.2) is 0 Å². The summed E-state index contributed by atoms with van der Waals surface area (Å²) in [5, 5.41) is 3.71. The van der Waals surface area contributed by atoms with E-state index in [1.807, 2.05) is 12.4 Å². The molecule has 19 heavy (non-hydrogen) atoms. The Morgan fingerprint density at radius 3 is 1.95 bits per heavy atom. The van der Waals surface area contributed by atoms with Crippen LogP contribution in [0.2, 0.25) is 0 Å². The topological polar surface area (TPSA) is 24.9 Å². The Balaban J connectivity index is 3.00. The van der Waals surface area contributed by atoms with E-state index in [0.717, 1.165) is 6.54 Å². The molecular weight excluding hydrogens is 232 g/mol. The van der Waals surface area contributed by atoms with E-state index in [2.05, 4.69) is 57.1 Å². The second kappa shape index (κ2) is 7.04. The van der Waals surface area contributed by atoms with Crippen LogP contribution in [-0.4, -0.2) is 17.1 Å². The first-order chi connectivity index (χ1) is 8.93. The molecule has 1 rings (SSSR count). The van der Waals surface area contributed by atoms with Crippen LogP contribution in [0.1, 0.15) is 65.9 Å². The first-order valence-corrected chi connectivity index (χ1v) is 7.59. The van der Waals surface area contributed by atoms with Crippen LogP contribution >= 0.6 is 0 Å². The molecule has 1 aromatic heterocycles. The number of nitrogens with one attached hydrogen (secondary N) is 1. The zero-order valence-electron chi connectivity index (χ0n) is 13.3. The second-order valence-corrected chi connectivity index (χ2v) is 6.62. The fourth-order valence-electron chi connectivity index (χ4n) is 2.79. The summed E-state index contributed by atoms with van der Waals surface area (Å²) < 4.78 is 0. The lowest BCUT2D eigenvalue weighted by Crippen LogP contribution is -2.46. The summed E-state index contributed by atoms with van der Waals surface area (Å²) in [5.74, 6) is 0. The van der Waals surface area contributed by atoms with Crippen molar-refractivity contribution in [2.24, 2.45) is 0 Å². The van der Waals surface area contributed by atoms with Crippen molar-refractivity contribution in [2.75, 3.05) is 6.54 Å². The minimum Gasteiger partial charge on any atom is -0.311 e. The van der Waals surface area contributed by atoms with Crippen molar-refractivity contribution in [1.29, 1.82) is 0 Å². The lowest BCUT2D eigenvalue weighted by molar-refractivity contribution is 0.292. The van der Waals surface area contributed by atoms with Gasteiger partial charge in [-0.2, -0.15) is 0 Å². The molecular formula is C17H30N2.